The number of nitrogens with zero attached hydrogens (tertiary/aromatic N) is 1. The van der Waals surface area contributed by atoms with E-state index in [0.717, 1.165) is 30.6 Å². The molecule has 0 N–H and O–H groups in total. The third-order valence-corrected chi connectivity index (χ3v) is 5.67. The molecule has 0 radical (unpaired) electrons. The van der Waals surface area contributed by atoms with Gasteiger partial charge in [-0.1, -0.05) is 106 Å². The largest absolute Gasteiger partial charge is 0.340 e. The zero-order valence-electron chi connectivity index (χ0n) is 22.1. The van der Waals surface area contributed by atoms with Crippen molar-refractivity contribution in [2.75, 3.05) is 0 Å². The number of carbonyl (C=O) groups excluding carboxylic acids is 2. The zero-order chi connectivity index (χ0) is 24.9. The molecule has 0 aliphatic rings. The highest BCUT2D eigenvalue weighted by atomic mass is 16.1. The highest BCUT2D eigenvalue weighted by Crippen LogP contribution is 2.21. The average Bonchev–Trinajstić information content (AvgIpc) is 3.21. The fourth-order valence-corrected chi connectivity index (χ4v) is 3.34. The van der Waals surface area contributed by atoms with Gasteiger partial charge < -0.3 is 9.36 Å². The van der Waals surface area contributed by atoms with Crippen molar-refractivity contribution in [2.24, 2.45) is 11.8 Å². The predicted octanol–water partition coefficient (Wildman–Crippen LogP) is 8.44. The van der Waals surface area contributed by atoms with E-state index in [1.165, 1.54) is 42.7 Å². The second kappa shape index (κ2) is 20.7. The highest BCUT2D eigenvalue weighted by Gasteiger charge is 2.05. The second-order valence-electron chi connectivity index (χ2n) is 7.73. The fraction of sp³-hybridized carbons (Fsp3) is 0.586. The maximum atomic E-state index is 10.6. The van der Waals surface area contributed by atoms with Gasteiger partial charge in [-0.05, 0) is 36.5 Å². The van der Waals surface area contributed by atoms with Gasteiger partial charge in [-0.2, -0.15) is 0 Å². The molecule has 0 bridgehead atoms. The van der Waals surface area contributed by atoms with Crippen LogP contribution in [-0.4, -0.2) is 16.6 Å². The molecule has 0 amide bonds. The Balaban J connectivity index is 0. The summed E-state index contributed by atoms with van der Waals surface area (Å²) in [6.45, 7) is 20.7. The highest BCUT2D eigenvalue weighted by molar-refractivity contribution is 5.90. The third kappa shape index (κ3) is 12.0. The quantitative estimate of drug-likeness (QED) is 0.273. The summed E-state index contributed by atoms with van der Waals surface area (Å²) in [6, 6.07) is 8.20. The number of ketones is 1. The Kier molecular flexibility index (Phi) is 20.7. The van der Waals surface area contributed by atoms with Gasteiger partial charge in [-0.25, -0.2) is 0 Å². The van der Waals surface area contributed by atoms with Crippen LogP contribution < -0.4 is 0 Å². The molecule has 32 heavy (non-hydrogen) atoms. The monoisotopic (exact) mass is 443 g/mol. The summed E-state index contributed by atoms with van der Waals surface area (Å²) in [5.41, 5.74) is 2.46. The van der Waals surface area contributed by atoms with Crippen LogP contribution >= 0.6 is 0 Å². The van der Waals surface area contributed by atoms with E-state index in [1.807, 2.05) is 44.4 Å². The van der Waals surface area contributed by atoms with E-state index in [1.54, 1.807) is 0 Å². The normalized spacial score (nSPS) is 10.7. The summed E-state index contributed by atoms with van der Waals surface area (Å²) in [5.74, 6) is 1.31. The molecule has 0 saturated carbocycles. The Morgan fingerprint density at radius 1 is 1.03 bits per heavy atom. The average molecular weight is 444 g/mol. The molecule has 0 saturated heterocycles. The van der Waals surface area contributed by atoms with E-state index >= 15 is 0 Å². The molecule has 0 aliphatic carbocycles. The molecule has 1 unspecified atom stereocenters. The van der Waals surface area contributed by atoms with Crippen molar-refractivity contribution < 1.29 is 9.59 Å². The van der Waals surface area contributed by atoms with Crippen LogP contribution in [0.25, 0.3) is 10.9 Å². The third-order valence-electron chi connectivity index (χ3n) is 5.67. The zero-order valence-corrected chi connectivity index (χ0v) is 22.1. The van der Waals surface area contributed by atoms with Crippen LogP contribution in [0.3, 0.4) is 0 Å². The minimum absolute atomic E-state index is 0.146. The first-order valence-electron chi connectivity index (χ1n) is 12.6. The van der Waals surface area contributed by atoms with Crippen LogP contribution in [0.2, 0.25) is 0 Å². The minimum atomic E-state index is 0.146. The number of hydrogen-bond acceptors (Lipinski definition) is 2. The molecule has 0 spiro atoms. The molecule has 0 aliphatic heterocycles. The second-order valence-corrected chi connectivity index (χ2v) is 7.73. The molecular weight excluding hydrogens is 394 g/mol. The van der Waals surface area contributed by atoms with Crippen molar-refractivity contribution in [1.82, 2.24) is 4.57 Å². The molecule has 1 aromatic heterocycles. The smallest absolute Gasteiger partial charge is 0.157 e. The van der Waals surface area contributed by atoms with E-state index in [2.05, 4.69) is 52.6 Å². The van der Waals surface area contributed by atoms with Crippen molar-refractivity contribution in [1.29, 1.82) is 0 Å². The number of benzene rings is 1. The molecule has 3 nitrogen and oxygen atoms in total. The van der Waals surface area contributed by atoms with Crippen molar-refractivity contribution in [2.45, 2.75) is 100 Å². The van der Waals surface area contributed by atoms with E-state index in [4.69, 9.17) is 0 Å². The van der Waals surface area contributed by atoms with Gasteiger partial charge in [0.05, 0.1) is 6.54 Å². The predicted molar refractivity (Wildman–Crippen MR) is 142 cm³/mol. The van der Waals surface area contributed by atoms with Crippen LogP contribution in [0.15, 0.2) is 43.1 Å². The maximum Gasteiger partial charge on any atom is 0.157 e. The number of allylic oxidation sites excluding steroid dienone is 1. The Labute approximate surface area is 198 Å². The minimum Gasteiger partial charge on any atom is -0.340 e. The topological polar surface area (TPSA) is 39.1 Å². The van der Waals surface area contributed by atoms with Gasteiger partial charge in [0.1, 0.15) is 6.29 Å². The number of aryl methyl sites for hydroxylation is 1. The summed E-state index contributed by atoms with van der Waals surface area (Å²) < 4.78 is 2.00. The lowest BCUT2D eigenvalue weighted by molar-refractivity contribution is -0.117. The summed E-state index contributed by atoms with van der Waals surface area (Å²) in [7, 11) is 0. The number of rotatable bonds is 10. The molecule has 1 atom stereocenters. The van der Waals surface area contributed by atoms with Gasteiger partial charge in [0.15, 0.2) is 5.78 Å². The molecular formula is C29H49NO2. The van der Waals surface area contributed by atoms with E-state index < -0.39 is 0 Å². The lowest BCUT2D eigenvalue weighted by atomic mass is 9.98. The summed E-state index contributed by atoms with van der Waals surface area (Å²) >= 11 is 0. The van der Waals surface area contributed by atoms with Crippen LogP contribution in [0.4, 0.5) is 0 Å². The number of aldehydes is 1. The Bertz CT molecular complexity index is 741. The first kappa shape index (κ1) is 32.0. The SMILES string of the molecule is C=CC(=O)C(C)CC.CC.CCCC(CC)CC.CCc1cn(CC=O)c2ccccc12. The maximum absolute atomic E-state index is 10.6. The van der Waals surface area contributed by atoms with Crippen LogP contribution in [0, 0.1) is 11.8 Å². The lowest BCUT2D eigenvalue weighted by Crippen LogP contribution is -2.04. The van der Waals surface area contributed by atoms with Crippen molar-refractivity contribution >= 4 is 23.0 Å². The van der Waals surface area contributed by atoms with Crippen LogP contribution in [0.1, 0.15) is 93.1 Å². The molecule has 1 aromatic carbocycles. The standard InChI is InChI=1S/C12H13NO.C8H18.C7H12O.C2H6/c1-2-10-9-13(7-8-14)12-6-4-3-5-11(10)12;1-4-7-8(5-2)6-3;1-4-6(3)7(8)5-2;1-2/h3-6,8-9H,2,7H2,1H3;8H,4-7H2,1-3H3;5-6H,2,4H2,1,3H3;1-2H3. The van der Waals surface area contributed by atoms with E-state index in [9.17, 15) is 9.59 Å². The molecule has 1 heterocycles. The summed E-state index contributed by atoms with van der Waals surface area (Å²) in [5, 5.41) is 1.26. The number of fused-ring (bicyclic) bond motifs is 1. The number of hydrogen-bond donors (Lipinski definition) is 0. The van der Waals surface area contributed by atoms with Gasteiger partial charge >= 0.3 is 0 Å². The van der Waals surface area contributed by atoms with Gasteiger partial charge in [0.25, 0.3) is 0 Å². The fourth-order valence-electron chi connectivity index (χ4n) is 3.34. The van der Waals surface area contributed by atoms with Gasteiger partial charge in [0, 0.05) is 23.0 Å². The van der Waals surface area contributed by atoms with Crippen LogP contribution in [-0.2, 0) is 22.6 Å². The number of para-hydroxylation sites is 1. The number of carbonyl (C=O) groups is 2. The van der Waals surface area contributed by atoms with Gasteiger partial charge in [-0.3, -0.25) is 4.79 Å². The Hall–Kier alpha value is -2.16. The first-order chi connectivity index (χ1) is 15.4. The van der Waals surface area contributed by atoms with Gasteiger partial charge in [0.2, 0.25) is 0 Å². The molecule has 0 fully saturated rings. The van der Waals surface area contributed by atoms with Crippen LogP contribution in [0.5, 0.6) is 0 Å². The molecule has 3 heteroatoms. The van der Waals surface area contributed by atoms with E-state index in [-0.39, 0.29) is 11.7 Å². The Morgan fingerprint density at radius 3 is 2.00 bits per heavy atom. The van der Waals surface area contributed by atoms with Crippen molar-refractivity contribution in [3.63, 3.8) is 0 Å². The van der Waals surface area contributed by atoms with Crippen molar-refractivity contribution in [3.05, 3.63) is 48.7 Å². The molecule has 182 valence electrons. The molecule has 2 rings (SSSR count). The van der Waals surface area contributed by atoms with Gasteiger partial charge in [-0.15, -0.1) is 0 Å². The summed E-state index contributed by atoms with van der Waals surface area (Å²) in [6.07, 6.45) is 11.8. The number of aromatic nitrogens is 1. The Morgan fingerprint density at radius 2 is 1.62 bits per heavy atom. The van der Waals surface area contributed by atoms with Crippen molar-refractivity contribution in [3.8, 4) is 0 Å². The lowest BCUT2D eigenvalue weighted by Gasteiger charge is -2.08. The first-order valence-corrected chi connectivity index (χ1v) is 12.6. The van der Waals surface area contributed by atoms with E-state index in [0.29, 0.717) is 6.54 Å². The molecule has 2 aromatic rings. The summed E-state index contributed by atoms with van der Waals surface area (Å²) in [4.78, 5) is 21.1.